The predicted octanol–water partition coefficient (Wildman–Crippen LogP) is 5.69. The van der Waals surface area contributed by atoms with E-state index in [1.54, 1.807) is 27.7 Å². The first-order chi connectivity index (χ1) is 33.3. The van der Waals surface area contributed by atoms with Crippen molar-refractivity contribution in [3.05, 3.63) is 47.3 Å². The van der Waals surface area contributed by atoms with Gasteiger partial charge in [-0.2, -0.15) is 0 Å². The highest BCUT2D eigenvalue weighted by molar-refractivity contribution is 5.84. The van der Waals surface area contributed by atoms with Crippen molar-refractivity contribution in [3.63, 3.8) is 0 Å². The highest BCUT2D eigenvalue weighted by Crippen LogP contribution is 2.41. The highest BCUT2D eigenvalue weighted by Gasteiger charge is 2.58. The summed E-state index contributed by atoms with van der Waals surface area (Å²) in [6.07, 6.45) is -0.299. The number of carbonyl (C=O) groups is 4. The first-order valence-corrected chi connectivity index (χ1v) is 25.1. The lowest BCUT2D eigenvalue weighted by Crippen LogP contribution is -2.55. The molecule has 2 N–H and O–H groups in total. The number of nitrogens with one attached hydrogen (secondary N) is 2. The SMILES string of the molecule is CCOC(=O)O[C@@H]1[C@H]2OC(C)(C)O[C@H]2O[C@@H]1CN1CCC(C)(NC(=O)OCc2ccccc2)CC1.[C-]#[N+][C@@H]1CCCC1C(=O)CNC1(C)CCN(C[C@H]2O[C@@H]3OC(C)(C)O[C@@H]3[C@H]2OC(=O)OCC)CC1. The van der Waals surface area contributed by atoms with E-state index in [9.17, 15) is 19.2 Å². The van der Waals surface area contributed by atoms with Gasteiger partial charge in [-0.3, -0.25) is 4.79 Å². The van der Waals surface area contributed by atoms with Gasteiger partial charge in [0.25, 0.3) is 0 Å². The number of amides is 1. The van der Waals surface area contributed by atoms with Crippen LogP contribution in [0.4, 0.5) is 14.4 Å². The monoisotopic (exact) mass is 986 g/mol. The van der Waals surface area contributed by atoms with E-state index in [0.717, 1.165) is 76.7 Å². The van der Waals surface area contributed by atoms with Crippen molar-refractivity contribution >= 4 is 24.2 Å². The Kier molecular flexibility index (Phi) is 17.7. The highest BCUT2D eigenvalue weighted by atomic mass is 16.9. The van der Waals surface area contributed by atoms with E-state index in [1.807, 2.05) is 51.1 Å². The third-order valence-corrected chi connectivity index (χ3v) is 14.3. The van der Waals surface area contributed by atoms with Gasteiger partial charge in [0.05, 0.1) is 25.7 Å². The molecule has 1 aliphatic carbocycles. The number of hydrogen-bond donors (Lipinski definition) is 2. The number of Topliss-reactive ketones (excluding diaryl/α,β-unsaturated/α-hetero) is 1. The van der Waals surface area contributed by atoms with Crippen molar-refractivity contribution in [2.24, 2.45) is 5.92 Å². The largest absolute Gasteiger partial charge is 0.508 e. The van der Waals surface area contributed by atoms with Gasteiger partial charge in [-0.05, 0) is 113 Å². The lowest BCUT2D eigenvalue weighted by molar-refractivity contribution is -0.218. The van der Waals surface area contributed by atoms with E-state index >= 15 is 0 Å². The molecule has 6 aliphatic heterocycles. The topological polar surface area (TPSA) is 205 Å². The number of benzene rings is 1. The Morgan fingerprint density at radius 1 is 0.700 bits per heavy atom. The minimum absolute atomic E-state index is 0.117. The molecule has 6 saturated heterocycles. The fourth-order valence-electron chi connectivity index (χ4n) is 10.4. The number of rotatable bonds is 15. The second kappa shape index (κ2) is 23.1. The molecule has 1 unspecified atom stereocenters. The number of ketones is 1. The lowest BCUT2D eigenvalue weighted by Gasteiger charge is -2.41. The molecule has 20 heteroatoms. The summed E-state index contributed by atoms with van der Waals surface area (Å²) in [7, 11) is 0. The molecule has 20 nitrogen and oxygen atoms in total. The first kappa shape index (κ1) is 53.6. The maximum atomic E-state index is 12.7. The van der Waals surface area contributed by atoms with Crippen LogP contribution in [-0.4, -0.2) is 171 Å². The maximum absolute atomic E-state index is 12.7. The number of fused-ring (bicyclic) bond motifs is 2. The van der Waals surface area contributed by atoms with Gasteiger partial charge in [0, 0.05) is 43.7 Å². The summed E-state index contributed by atoms with van der Waals surface area (Å²) < 4.78 is 62.4. The second-order valence-electron chi connectivity index (χ2n) is 20.8. The van der Waals surface area contributed by atoms with Gasteiger partial charge in [-0.25, -0.2) is 21.0 Å². The van der Waals surface area contributed by atoms with E-state index in [0.29, 0.717) is 19.6 Å². The molecule has 6 heterocycles. The second-order valence-corrected chi connectivity index (χ2v) is 20.8. The number of piperidine rings is 2. The smallest absolute Gasteiger partial charge is 0.445 e. The molecule has 7 fully saturated rings. The van der Waals surface area contributed by atoms with Gasteiger partial charge >= 0.3 is 18.4 Å². The first-order valence-electron chi connectivity index (χ1n) is 25.1. The molecule has 0 aromatic heterocycles. The lowest BCUT2D eigenvalue weighted by atomic mass is 9.88. The molecule has 0 bridgehead atoms. The molecule has 7 aliphatic rings. The zero-order valence-electron chi connectivity index (χ0n) is 42.1. The Bertz CT molecular complexity index is 1970. The Morgan fingerprint density at radius 2 is 1.20 bits per heavy atom. The standard InChI is InChI=1S/C25H39N3O7.C25H36N2O8/c1-6-31-23(30)33-20-19(32-22-21(20)34-24(2,3)35-22)15-28-12-10-25(4,11-13-28)27-14-18(29)16-8-7-9-17(16)26-5;1-5-30-23(29)33-19-18(32-21-20(19)34-24(2,3)35-21)15-27-13-11-25(4,12-14-27)26-22(28)31-16-17-9-7-6-8-10-17/h16-17,19-22,27H,6-15H2,1-4H3;6-10,18-21H,5,11-16H2,1-4H3,(H,26,28)/t16?,17-,19-,20+,21-,22-;18-,19+,20-,21-/m11/s1. The van der Waals surface area contributed by atoms with Gasteiger partial charge in [0.2, 0.25) is 6.04 Å². The van der Waals surface area contributed by atoms with Crippen LogP contribution in [0.2, 0.25) is 0 Å². The van der Waals surface area contributed by atoms with Gasteiger partial charge in [0.1, 0.15) is 18.8 Å². The molecule has 1 amide bonds. The molecule has 390 valence electrons. The molecule has 1 saturated carbocycles. The van der Waals surface area contributed by atoms with E-state index in [2.05, 4.69) is 32.2 Å². The van der Waals surface area contributed by atoms with Gasteiger partial charge in [0.15, 0.2) is 54.4 Å². The van der Waals surface area contributed by atoms with Crippen LogP contribution in [-0.2, 0) is 63.5 Å². The predicted molar refractivity (Wildman–Crippen MR) is 250 cm³/mol. The van der Waals surface area contributed by atoms with Gasteiger partial charge in [-0.1, -0.05) is 30.3 Å². The van der Waals surface area contributed by atoms with Gasteiger partial charge in [-0.15, -0.1) is 0 Å². The van der Waals surface area contributed by atoms with E-state index < -0.39 is 79.2 Å². The molecule has 70 heavy (non-hydrogen) atoms. The quantitative estimate of drug-likeness (QED) is 0.123. The zero-order valence-corrected chi connectivity index (χ0v) is 42.1. The van der Waals surface area contributed by atoms with E-state index in [-0.39, 0.29) is 48.6 Å². The third kappa shape index (κ3) is 14.1. The molecule has 1 aromatic rings. The van der Waals surface area contributed by atoms with Crippen molar-refractivity contribution in [2.45, 2.75) is 185 Å². The van der Waals surface area contributed by atoms with E-state index in [1.165, 1.54) is 0 Å². The summed E-state index contributed by atoms with van der Waals surface area (Å²) in [5.74, 6) is -1.57. The molecule has 10 atom stereocenters. The average Bonchev–Trinajstić information content (AvgIpc) is 4.11. The molecular weight excluding hydrogens is 911 g/mol. The summed E-state index contributed by atoms with van der Waals surface area (Å²) in [5, 5.41) is 6.51. The Balaban J connectivity index is 0.000000206. The number of likely N-dealkylation sites (tertiary alicyclic amines) is 2. The number of hydrogen-bond acceptors (Lipinski definition) is 18. The van der Waals surface area contributed by atoms with Crippen LogP contribution in [0.15, 0.2) is 30.3 Å². The molecule has 8 rings (SSSR count). The molecule has 0 spiro atoms. The number of alkyl carbamates (subject to hydrolysis) is 1. The zero-order chi connectivity index (χ0) is 50.3. The van der Waals surface area contributed by atoms with Crippen LogP contribution >= 0.6 is 0 Å². The summed E-state index contributed by atoms with van der Waals surface area (Å²) in [5.41, 5.74) is 0.441. The van der Waals surface area contributed by atoms with Crippen LogP contribution in [0.25, 0.3) is 4.85 Å². The van der Waals surface area contributed by atoms with Crippen LogP contribution in [0.5, 0.6) is 0 Å². The van der Waals surface area contributed by atoms with Crippen molar-refractivity contribution in [3.8, 4) is 0 Å². The summed E-state index contributed by atoms with van der Waals surface area (Å²) in [6.45, 7) is 27.4. The normalized spacial score (nSPS) is 32.6. The van der Waals surface area contributed by atoms with Crippen LogP contribution < -0.4 is 10.6 Å². The molecule has 1 aromatic carbocycles. The fourth-order valence-corrected chi connectivity index (χ4v) is 10.4. The van der Waals surface area contributed by atoms with Crippen molar-refractivity contribution in [2.75, 3.05) is 59.0 Å². The Morgan fingerprint density at radius 3 is 1.69 bits per heavy atom. The number of carbonyl (C=O) groups excluding carboxylic acids is 4. The molecule has 0 radical (unpaired) electrons. The van der Waals surface area contributed by atoms with Crippen molar-refractivity contribution in [1.82, 2.24) is 20.4 Å². The van der Waals surface area contributed by atoms with Crippen LogP contribution in [0.3, 0.4) is 0 Å². The summed E-state index contributed by atoms with van der Waals surface area (Å²) in [6, 6.07) is 9.44. The van der Waals surface area contributed by atoms with Gasteiger partial charge < -0.3 is 77.4 Å². The average molecular weight is 986 g/mol. The third-order valence-electron chi connectivity index (χ3n) is 14.3. The van der Waals surface area contributed by atoms with E-state index in [4.69, 9.17) is 58.7 Å². The maximum Gasteiger partial charge on any atom is 0.508 e. The minimum Gasteiger partial charge on any atom is -0.445 e. The summed E-state index contributed by atoms with van der Waals surface area (Å²) in [4.78, 5) is 57.4. The number of nitrogens with zero attached hydrogens (tertiary/aromatic N) is 3. The Hall–Kier alpha value is -4.17. The van der Waals surface area contributed by atoms with Crippen molar-refractivity contribution in [1.29, 1.82) is 0 Å². The van der Waals surface area contributed by atoms with Crippen LogP contribution in [0, 0.1) is 12.5 Å². The summed E-state index contributed by atoms with van der Waals surface area (Å²) >= 11 is 0. The Labute approximate surface area is 412 Å². The molecular formula is C50H75N5O15. The van der Waals surface area contributed by atoms with Crippen LogP contribution in [0.1, 0.15) is 106 Å². The fraction of sp³-hybridized carbons (Fsp3) is 0.780. The van der Waals surface area contributed by atoms with Crippen molar-refractivity contribution < 1.29 is 71.3 Å². The number of ether oxygens (including phenoxy) is 11. The minimum atomic E-state index is -0.815.